The second-order valence-electron chi connectivity index (χ2n) is 5.69. The smallest absolute Gasteiger partial charge is 0.244 e. The zero-order valence-electron chi connectivity index (χ0n) is 13.8. The molecule has 3 aromatic rings. The highest BCUT2D eigenvalue weighted by molar-refractivity contribution is 6.30. The number of benzene rings is 2. The lowest BCUT2D eigenvalue weighted by Gasteiger charge is -2.08. The van der Waals surface area contributed by atoms with Crippen molar-refractivity contribution < 1.29 is 9.47 Å². The number of hydrogen-bond acceptors (Lipinski definition) is 7. The van der Waals surface area contributed by atoms with E-state index in [-0.39, 0.29) is 6.79 Å². The molecule has 0 aliphatic carbocycles. The minimum absolute atomic E-state index is 0.264. The Labute approximate surface area is 155 Å². The van der Waals surface area contributed by atoms with Crippen LogP contribution in [-0.4, -0.2) is 22.0 Å². The van der Waals surface area contributed by atoms with Crippen molar-refractivity contribution in [1.82, 2.24) is 15.2 Å². The van der Waals surface area contributed by atoms with Crippen LogP contribution in [0.15, 0.2) is 48.7 Å². The zero-order chi connectivity index (χ0) is 17.8. The van der Waals surface area contributed by atoms with Gasteiger partial charge in [0.1, 0.15) is 0 Å². The minimum atomic E-state index is 0.264. The SMILES string of the molecule is Clc1ccc(CNc2cnnc(NCc3ccc4c(c3)OCO4)n2)cc1. The van der Waals surface area contributed by atoms with Crippen LogP contribution in [0, 0.1) is 0 Å². The molecule has 0 fully saturated rings. The molecular formula is C18H16ClN5O2. The number of nitrogens with one attached hydrogen (secondary N) is 2. The Morgan fingerprint density at radius 2 is 1.69 bits per heavy atom. The number of rotatable bonds is 6. The Morgan fingerprint density at radius 1 is 0.923 bits per heavy atom. The summed E-state index contributed by atoms with van der Waals surface area (Å²) in [5.41, 5.74) is 2.14. The Kier molecular flexibility index (Phi) is 4.70. The Balaban J connectivity index is 1.35. The van der Waals surface area contributed by atoms with Crippen LogP contribution in [0.1, 0.15) is 11.1 Å². The summed E-state index contributed by atoms with van der Waals surface area (Å²) < 4.78 is 10.7. The predicted molar refractivity (Wildman–Crippen MR) is 98.5 cm³/mol. The number of hydrogen-bond donors (Lipinski definition) is 2. The number of anilines is 2. The van der Waals surface area contributed by atoms with Gasteiger partial charge >= 0.3 is 0 Å². The van der Waals surface area contributed by atoms with Crippen LogP contribution in [0.3, 0.4) is 0 Å². The van der Waals surface area contributed by atoms with E-state index in [2.05, 4.69) is 25.8 Å². The maximum atomic E-state index is 5.89. The van der Waals surface area contributed by atoms with Gasteiger partial charge in [0.05, 0.1) is 6.20 Å². The number of fused-ring (bicyclic) bond motifs is 1. The van der Waals surface area contributed by atoms with E-state index in [0.29, 0.717) is 29.9 Å². The van der Waals surface area contributed by atoms with Crippen molar-refractivity contribution in [2.45, 2.75) is 13.1 Å². The summed E-state index contributed by atoms with van der Waals surface area (Å²) in [6, 6.07) is 13.4. The zero-order valence-corrected chi connectivity index (χ0v) is 14.5. The van der Waals surface area contributed by atoms with Crippen LogP contribution in [0.2, 0.25) is 5.02 Å². The summed E-state index contributed by atoms with van der Waals surface area (Å²) >= 11 is 5.89. The summed E-state index contributed by atoms with van der Waals surface area (Å²) in [6.07, 6.45) is 1.58. The van der Waals surface area contributed by atoms with Gasteiger partial charge in [-0.25, -0.2) is 0 Å². The molecule has 0 spiro atoms. The van der Waals surface area contributed by atoms with E-state index < -0.39 is 0 Å². The standard InChI is InChI=1S/C18H16ClN5O2/c19-14-4-1-12(2-5-14)8-20-17-10-22-24-18(23-17)21-9-13-3-6-15-16(7-13)26-11-25-15/h1-7,10H,8-9,11H2,(H2,20,21,23,24). The van der Waals surface area contributed by atoms with Crippen LogP contribution >= 0.6 is 11.6 Å². The number of nitrogens with zero attached hydrogens (tertiary/aromatic N) is 3. The summed E-state index contributed by atoms with van der Waals surface area (Å²) in [5.74, 6) is 2.61. The van der Waals surface area contributed by atoms with Gasteiger partial charge < -0.3 is 20.1 Å². The van der Waals surface area contributed by atoms with Crippen molar-refractivity contribution in [3.63, 3.8) is 0 Å². The van der Waals surface area contributed by atoms with Gasteiger partial charge in [0, 0.05) is 18.1 Å². The van der Waals surface area contributed by atoms with Gasteiger partial charge in [-0.05, 0) is 35.4 Å². The van der Waals surface area contributed by atoms with E-state index in [0.717, 1.165) is 22.6 Å². The van der Waals surface area contributed by atoms with Crippen LogP contribution in [0.5, 0.6) is 11.5 Å². The molecule has 4 rings (SSSR count). The summed E-state index contributed by atoms with van der Waals surface area (Å²) in [7, 11) is 0. The first kappa shape index (κ1) is 16.4. The van der Waals surface area contributed by atoms with Gasteiger partial charge in [-0.1, -0.05) is 29.8 Å². The fraction of sp³-hybridized carbons (Fsp3) is 0.167. The van der Waals surface area contributed by atoms with Crippen molar-refractivity contribution in [3.05, 3.63) is 64.8 Å². The molecule has 0 atom stereocenters. The van der Waals surface area contributed by atoms with E-state index in [9.17, 15) is 0 Å². The third-order valence-corrected chi connectivity index (χ3v) is 4.09. The fourth-order valence-electron chi connectivity index (χ4n) is 2.49. The monoisotopic (exact) mass is 369 g/mol. The molecule has 2 heterocycles. The Bertz CT molecular complexity index is 904. The number of ether oxygens (including phenoxy) is 2. The predicted octanol–water partition coefficient (Wildman–Crippen LogP) is 3.48. The van der Waals surface area contributed by atoms with Crippen LogP contribution in [-0.2, 0) is 13.1 Å². The van der Waals surface area contributed by atoms with Gasteiger partial charge in [-0.15, -0.1) is 5.10 Å². The second kappa shape index (κ2) is 7.45. The molecular weight excluding hydrogens is 354 g/mol. The maximum Gasteiger partial charge on any atom is 0.244 e. The molecule has 8 heteroatoms. The van der Waals surface area contributed by atoms with Crippen molar-refractivity contribution in [2.75, 3.05) is 17.4 Å². The van der Waals surface area contributed by atoms with E-state index in [1.807, 2.05) is 42.5 Å². The van der Waals surface area contributed by atoms with Gasteiger partial charge in [0.2, 0.25) is 12.7 Å². The lowest BCUT2D eigenvalue weighted by Crippen LogP contribution is -2.08. The van der Waals surface area contributed by atoms with Crippen LogP contribution < -0.4 is 20.1 Å². The first-order valence-electron chi connectivity index (χ1n) is 8.07. The highest BCUT2D eigenvalue weighted by atomic mass is 35.5. The minimum Gasteiger partial charge on any atom is -0.454 e. The lowest BCUT2D eigenvalue weighted by atomic mass is 10.2. The fourth-order valence-corrected chi connectivity index (χ4v) is 2.62. The molecule has 0 radical (unpaired) electrons. The third kappa shape index (κ3) is 3.94. The van der Waals surface area contributed by atoms with Crippen molar-refractivity contribution >= 4 is 23.4 Å². The van der Waals surface area contributed by atoms with Gasteiger partial charge in [-0.3, -0.25) is 0 Å². The summed E-state index contributed by atoms with van der Waals surface area (Å²) in [5, 5.41) is 15.1. The molecule has 1 aromatic heterocycles. The molecule has 0 amide bonds. The normalized spacial score (nSPS) is 12.0. The largest absolute Gasteiger partial charge is 0.454 e. The molecule has 132 valence electrons. The van der Waals surface area contributed by atoms with Crippen molar-refractivity contribution in [3.8, 4) is 11.5 Å². The number of aromatic nitrogens is 3. The molecule has 0 unspecified atom stereocenters. The Hall–Kier alpha value is -3.06. The third-order valence-electron chi connectivity index (χ3n) is 3.83. The van der Waals surface area contributed by atoms with E-state index in [4.69, 9.17) is 21.1 Å². The summed E-state index contributed by atoms with van der Waals surface area (Å²) in [4.78, 5) is 4.42. The first-order valence-corrected chi connectivity index (χ1v) is 8.44. The first-order chi connectivity index (χ1) is 12.8. The molecule has 1 aliphatic heterocycles. The van der Waals surface area contributed by atoms with E-state index in [1.54, 1.807) is 6.20 Å². The highest BCUT2D eigenvalue weighted by Gasteiger charge is 2.13. The molecule has 1 aliphatic rings. The molecule has 2 aromatic carbocycles. The summed E-state index contributed by atoms with van der Waals surface area (Å²) in [6.45, 7) is 1.44. The average Bonchev–Trinajstić information content (AvgIpc) is 3.14. The molecule has 0 bridgehead atoms. The van der Waals surface area contributed by atoms with Crippen LogP contribution in [0.4, 0.5) is 11.8 Å². The molecule has 2 N–H and O–H groups in total. The van der Waals surface area contributed by atoms with Gasteiger partial charge in [-0.2, -0.15) is 10.1 Å². The second-order valence-corrected chi connectivity index (χ2v) is 6.12. The number of halogens is 1. The van der Waals surface area contributed by atoms with Gasteiger partial charge in [0.25, 0.3) is 0 Å². The topological polar surface area (TPSA) is 81.2 Å². The molecule has 7 nitrogen and oxygen atoms in total. The lowest BCUT2D eigenvalue weighted by molar-refractivity contribution is 0.174. The van der Waals surface area contributed by atoms with E-state index >= 15 is 0 Å². The van der Waals surface area contributed by atoms with E-state index in [1.165, 1.54) is 0 Å². The van der Waals surface area contributed by atoms with Crippen LogP contribution in [0.25, 0.3) is 0 Å². The molecule has 0 saturated heterocycles. The Morgan fingerprint density at radius 3 is 2.58 bits per heavy atom. The van der Waals surface area contributed by atoms with Crippen molar-refractivity contribution in [1.29, 1.82) is 0 Å². The van der Waals surface area contributed by atoms with Crippen molar-refractivity contribution in [2.24, 2.45) is 0 Å². The molecule has 0 saturated carbocycles. The molecule has 26 heavy (non-hydrogen) atoms. The quantitative estimate of drug-likeness (QED) is 0.688. The highest BCUT2D eigenvalue weighted by Crippen LogP contribution is 2.32. The average molecular weight is 370 g/mol. The van der Waals surface area contributed by atoms with Gasteiger partial charge in [0.15, 0.2) is 17.3 Å². The maximum absolute atomic E-state index is 5.89.